The summed E-state index contributed by atoms with van der Waals surface area (Å²) in [6.45, 7) is 4.85. The molecule has 0 amide bonds. The van der Waals surface area contributed by atoms with Crippen LogP contribution in [0.4, 0.5) is 0 Å². The summed E-state index contributed by atoms with van der Waals surface area (Å²) < 4.78 is 5.87. The third-order valence-electron chi connectivity index (χ3n) is 10.8. The molecule has 9 nitrogen and oxygen atoms in total. The number of phenolic OH excluding ortho intramolecular Hbond substituents is 1. The number of aromatic amines is 1. The van der Waals surface area contributed by atoms with Gasteiger partial charge >= 0.3 is 5.97 Å². The first kappa shape index (κ1) is 37.0. The number of rotatable bonds is 18. The minimum absolute atomic E-state index is 0.00233. The second-order valence-corrected chi connectivity index (χ2v) is 14.3. The Labute approximate surface area is 291 Å². The Bertz CT molecular complexity index is 1500. The molecule has 1 saturated carbocycles. The number of aromatic hydroxyl groups is 1. The van der Waals surface area contributed by atoms with Gasteiger partial charge in [0.05, 0.1) is 18.2 Å². The number of hydrogen-bond donors (Lipinski definition) is 5. The third kappa shape index (κ3) is 10.2. The number of ether oxygens (including phenoxy) is 1. The molecule has 3 aromatic rings. The number of hydrogen-bond acceptors (Lipinski definition) is 8. The number of aromatic nitrogens is 1. The molecule has 2 aliphatic rings. The molecule has 5 rings (SSSR count). The number of nitrogens with zero attached hydrogens (tertiary/aromatic N) is 1. The number of fused-ring (bicyclic) bond motifs is 1. The maximum atomic E-state index is 13.4. The van der Waals surface area contributed by atoms with Gasteiger partial charge in [-0.3, -0.25) is 4.79 Å². The van der Waals surface area contributed by atoms with Crippen molar-refractivity contribution in [2.24, 2.45) is 11.8 Å². The number of piperidine rings is 1. The first-order valence-electron chi connectivity index (χ1n) is 18.8. The molecule has 0 spiro atoms. The Balaban J connectivity index is 0.888. The Hall–Kier alpha value is -3.24. The first-order chi connectivity index (χ1) is 23.9. The van der Waals surface area contributed by atoms with Gasteiger partial charge in [-0.25, -0.2) is 4.79 Å². The Morgan fingerprint density at radius 1 is 0.898 bits per heavy atom. The van der Waals surface area contributed by atoms with Crippen molar-refractivity contribution in [2.45, 2.75) is 102 Å². The van der Waals surface area contributed by atoms with Crippen LogP contribution >= 0.6 is 0 Å². The number of aliphatic hydroxyl groups is 2. The highest BCUT2D eigenvalue weighted by Gasteiger charge is 2.47. The summed E-state index contributed by atoms with van der Waals surface area (Å²) in [6, 6.07) is 15.7. The maximum Gasteiger partial charge on any atom is 0.343 e. The molecule has 1 saturated heterocycles. The van der Waals surface area contributed by atoms with Gasteiger partial charge in [-0.05, 0) is 93.9 Å². The number of phenols is 1. The van der Waals surface area contributed by atoms with Gasteiger partial charge in [-0.1, -0.05) is 87.8 Å². The highest BCUT2D eigenvalue weighted by atomic mass is 16.5. The number of carbonyl (C=O) groups excluding carboxylic acids is 1. The van der Waals surface area contributed by atoms with E-state index in [1.165, 1.54) is 44.2 Å². The molecule has 1 aromatic heterocycles. The van der Waals surface area contributed by atoms with Crippen LogP contribution in [0.5, 0.6) is 5.75 Å². The number of likely N-dealkylation sites (tertiary alicyclic amines) is 1. The third-order valence-corrected chi connectivity index (χ3v) is 10.8. The van der Waals surface area contributed by atoms with Crippen molar-refractivity contribution in [1.29, 1.82) is 0 Å². The maximum absolute atomic E-state index is 13.4. The number of nitrogens with one attached hydrogen (secondary N) is 2. The van der Waals surface area contributed by atoms with E-state index in [0.29, 0.717) is 41.1 Å². The number of H-pyrrole nitrogens is 1. The average Bonchev–Trinajstić information content (AvgIpc) is 3.14. The number of unbranched alkanes of at least 4 members (excludes halogenated alkanes) is 6. The van der Waals surface area contributed by atoms with Crippen LogP contribution in [0.1, 0.15) is 107 Å². The van der Waals surface area contributed by atoms with Gasteiger partial charge in [0, 0.05) is 23.9 Å². The lowest BCUT2D eigenvalue weighted by molar-refractivity contribution is -0.177. The van der Waals surface area contributed by atoms with Crippen molar-refractivity contribution in [3.8, 4) is 5.75 Å². The van der Waals surface area contributed by atoms with Crippen LogP contribution in [0.3, 0.4) is 0 Å². The summed E-state index contributed by atoms with van der Waals surface area (Å²) in [5, 5.41) is 36.5. The van der Waals surface area contributed by atoms with Gasteiger partial charge in [-0.2, -0.15) is 0 Å². The molecule has 2 aromatic carbocycles. The zero-order valence-corrected chi connectivity index (χ0v) is 29.1. The first-order valence-corrected chi connectivity index (χ1v) is 18.8. The normalized spacial score (nSPS) is 18.3. The number of aliphatic hydroxyl groups excluding tert-OH is 1. The van der Waals surface area contributed by atoms with Crippen molar-refractivity contribution in [2.75, 3.05) is 39.3 Å². The van der Waals surface area contributed by atoms with Crippen molar-refractivity contribution in [3.05, 3.63) is 76.1 Å². The molecule has 2 unspecified atom stereocenters. The summed E-state index contributed by atoms with van der Waals surface area (Å²) in [4.78, 5) is 30.2. The van der Waals surface area contributed by atoms with Gasteiger partial charge in [0.2, 0.25) is 5.56 Å². The Morgan fingerprint density at radius 2 is 1.59 bits per heavy atom. The number of esters is 1. The van der Waals surface area contributed by atoms with Crippen molar-refractivity contribution in [3.63, 3.8) is 0 Å². The van der Waals surface area contributed by atoms with E-state index in [2.05, 4.69) is 15.2 Å². The quantitative estimate of drug-likeness (QED) is 0.0782. The summed E-state index contributed by atoms with van der Waals surface area (Å²) in [5.74, 6) is -0.208. The van der Waals surface area contributed by atoms with E-state index < -0.39 is 17.7 Å². The molecule has 1 aliphatic carbocycles. The van der Waals surface area contributed by atoms with Crippen LogP contribution in [0, 0.1) is 11.8 Å². The molecular formula is C40H57N3O6. The fraction of sp³-hybridized carbons (Fsp3) is 0.600. The lowest BCUT2D eigenvalue weighted by Crippen LogP contribution is -2.46. The SMILES string of the molecule is O=C(OCC1CCN(CCCCCCCCCNCC(O)c2ccc(O)c3[nH]c(=O)ccc23)CC1)C(O)(c1ccccc1)C1CCCCC1. The largest absolute Gasteiger partial charge is 0.506 e. The summed E-state index contributed by atoms with van der Waals surface area (Å²) in [7, 11) is 0. The number of carbonyl (C=O) groups is 1. The van der Waals surface area contributed by atoms with Crippen molar-refractivity contribution in [1.82, 2.24) is 15.2 Å². The van der Waals surface area contributed by atoms with E-state index in [0.717, 1.165) is 84.0 Å². The second kappa shape index (κ2) is 18.7. The topological polar surface area (TPSA) is 135 Å². The molecule has 2 heterocycles. The molecule has 49 heavy (non-hydrogen) atoms. The summed E-state index contributed by atoms with van der Waals surface area (Å²) in [6.07, 6.45) is 14.7. The van der Waals surface area contributed by atoms with Crippen LogP contribution in [0.25, 0.3) is 10.9 Å². The van der Waals surface area contributed by atoms with Gasteiger partial charge < -0.3 is 35.3 Å². The molecule has 1 aliphatic heterocycles. The lowest BCUT2D eigenvalue weighted by atomic mass is 9.73. The minimum atomic E-state index is -1.56. The molecule has 268 valence electrons. The number of pyridine rings is 1. The highest BCUT2D eigenvalue weighted by molar-refractivity contribution is 5.87. The molecular weight excluding hydrogens is 618 g/mol. The van der Waals surface area contributed by atoms with Crippen LogP contribution in [0.2, 0.25) is 0 Å². The summed E-state index contributed by atoms with van der Waals surface area (Å²) >= 11 is 0. The Morgan fingerprint density at radius 3 is 2.33 bits per heavy atom. The van der Waals surface area contributed by atoms with E-state index in [4.69, 9.17) is 4.74 Å². The molecule has 2 atom stereocenters. The zero-order chi connectivity index (χ0) is 34.5. The van der Waals surface area contributed by atoms with Gasteiger partial charge in [0.25, 0.3) is 0 Å². The van der Waals surface area contributed by atoms with Gasteiger partial charge in [0.15, 0.2) is 5.60 Å². The van der Waals surface area contributed by atoms with Crippen LogP contribution in [-0.2, 0) is 15.1 Å². The molecule has 2 fully saturated rings. The van der Waals surface area contributed by atoms with E-state index in [9.17, 15) is 24.9 Å². The van der Waals surface area contributed by atoms with Crippen molar-refractivity contribution >= 4 is 16.9 Å². The molecule has 0 radical (unpaired) electrons. The predicted molar refractivity (Wildman–Crippen MR) is 193 cm³/mol. The lowest BCUT2D eigenvalue weighted by Gasteiger charge is -2.37. The molecule has 0 bridgehead atoms. The average molecular weight is 676 g/mol. The smallest absolute Gasteiger partial charge is 0.343 e. The summed E-state index contributed by atoms with van der Waals surface area (Å²) in [5.41, 5.74) is -0.143. The fourth-order valence-electron chi connectivity index (χ4n) is 7.78. The van der Waals surface area contributed by atoms with Crippen LogP contribution in [0.15, 0.2) is 59.4 Å². The molecule has 9 heteroatoms. The van der Waals surface area contributed by atoms with E-state index in [-0.39, 0.29) is 17.2 Å². The van der Waals surface area contributed by atoms with Crippen LogP contribution < -0.4 is 10.9 Å². The number of benzene rings is 2. The highest BCUT2D eigenvalue weighted by Crippen LogP contribution is 2.40. The zero-order valence-electron chi connectivity index (χ0n) is 29.1. The van der Waals surface area contributed by atoms with E-state index >= 15 is 0 Å². The van der Waals surface area contributed by atoms with Crippen LogP contribution in [-0.4, -0.2) is 70.5 Å². The minimum Gasteiger partial charge on any atom is -0.506 e. The van der Waals surface area contributed by atoms with E-state index in [1.807, 2.05) is 30.3 Å². The van der Waals surface area contributed by atoms with Gasteiger partial charge in [0.1, 0.15) is 5.75 Å². The second-order valence-electron chi connectivity index (χ2n) is 14.3. The predicted octanol–water partition coefficient (Wildman–Crippen LogP) is 6.31. The monoisotopic (exact) mass is 675 g/mol. The van der Waals surface area contributed by atoms with E-state index in [1.54, 1.807) is 12.1 Å². The fourth-order valence-corrected chi connectivity index (χ4v) is 7.78. The molecule has 5 N–H and O–H groups in total. The standard InChI is InChI=1S/C40H57N3O6/c44-35-20-18-33(34-19-21-37(46)42-38(34)35)36(45)28-41-24-12-4-2-1-3-5-13-25-43-26-22-30(23-27-43)29-49-39(47)40(48,31-14-8-6-9-15-31)32-16-10-7-11-17-32/h6,8-9,14-15,18-21,30,32,36,41,44-45,48H,1-5,7,10-13,16-17,22-29H2,(H,42,46). The van der Waals surface area contributed by atoms with Gasteiger partial charge in [-0.15, -0.1) is 0 Å². The van der Waals surface area contributed by atoms with Crippen molar-refractivity contribution < 1.29 is 24.9 Å². The Kier molecular flexibility index (Phi) is 14.1.